The van der Waals surface area contributed by atoms with Crippen LogP contribution in [0.1, 0.15) is 37.0 Å². The number of rotatable bonds is 5. The van der Waals surface area contributed by atoms with E-state index in [1.54, 1.807) is 22.2 Å². The van der Waals surface area contributed by atoms with Gasteiger partial charge in [-0.25, -0.2) is 4.79 Å². The van der Waals surface area contributed by atoms with Crippen LogP contribution in [-0.2, 0) is 4.79 Å². The molecule has 3 heterocycles. The van der Waals surface area contributed by atoms with Gasteiger partial charge in [-0.2, -0.15) is 0 Å². The molecule has 4 rings (SSSR count). The standard InChI is InChI=1S/C23H28N4O4/c1-16(2)15-27-22(31)26(12-13-28)21(30)23(27)7-10-25(11-8-23)20(29)19-5-3-4-17-14-24-9-6-18(17)19/h3-6,9,14,16,28H,7-8,10-13,15H2,1-2H3. The lowest BCUT2D eigenvalue weighted by Gasteiger charge is -2.42. The molecule has 0 atom stereocenters. The van der Waals surface area contributed by atoms with Crippen LogP contribution in [0, 0.1) is 5.92 Å². The number of hydrogen-bond acceptors (Lipinski definition) is 5. The zero-order chi connectivity index (χ0) is 22.2. The first-order valence-electron chi connectivity index (χ1n) is 10.8. The Hall–Kier alpha value is -3.00. The van der Waals surface area contributed by atoms with E-state index >= 15 is 0 Å². The molecule has 2 aliphatic rings. The molecule has 0 aliphatic carbocycles. The summed E-state index contributed by atoms with van der Waals surface area (Å²) in [6, 6.07) is 7.08. The summed E-state index contributed by atoms with van der Waals surface area (Å²) in [7, 11) is 0. The molecule has 1 aromatic carbocycles. The smallest absolute Gasteiger partial charge is 0.327 e. The highest BCUT2D eigenvalue weighted by atomic mass is 16.3. The summed E-state index contributed by atoms with van der Waals surface area (Å²) in [4.78, 5) is 48.2. The van der Waals surface area contributed by atoms with Crippen molar-refractivity contribution in [3.8, 4) is 0 Å². The first kappa shape index (κ1) is 21.2. The van der Waals surface area contributed by atoms with Gasteiger partial charge in [0.1, 0.15) is 5.54 Å². The van der Waals surface area contributed by atoms with Crippen LogP contribution in [0.15, 0.2) is 36.7 Å². The average Bonchev–Trinajstić information content (AvgIpc) is 2.95. The number of aliphatic hydroxyl groups excluding tert-OH is 1. The number of pyridine rings is 1. The van der Waals surface area contributed by atoms with Gasteiger partial charge in [0.05, 0.1) is 13.2 Å². The van der Waals surface area contributed by atoms with Crippen LogP contribution in [0.4, 0.5) is 4.79 Å². The van der Waals surface area contributed by atoms with Crippen LogP contribution in [0.5, 0.6) is 0 Å². The molecule has 2 aromatic rings. The minimum Gasteiger partial charge on any atom is -0.395 e. The van der Waals surface area contributed by atoms with E-state index in [9.17, 15) is 19.5 Å². The van der Waals surface area contributed by atoms with Crippen LogP contribution in [0.3, 0.4) is 0 Å². The fourth-order valence-corrected chi connectivity index (χ4v) is 4.74. The molecular weight excluding hydrogens is 396 g/mol. The number of carbonyl (C=O) groups is 3. The molecule has 0 bridgehead atoms. The number of amides is 4. The van der Waals surface area contributed by atoms with Crippen LogP contribution < -0.4 is 0 Å². The van der Waals surface area contributed by atoms with Gasteiger partial charge in [0.25, 0.3) is 11.8 Å². The van der Waals surface area contributed by atoms with Gasteiger partial charge in [-0.15, -0.1) is 0 Å². The van der Waals surface area contributed by atoms with Crippen molar-refractivity contribution in [3.63, 3.8) is 0 Å². The van der Waals surface area contributed by atoms with E-state index in [1.807, 2.05) is 38.1 Å². The number of fused-ring (bicyclic) bond motifs is 1. The lowest BCUT2D eigenvalue weighted by Crippen LogP contribution is -2.58. The Bertz CT molecular complexity index is 1010. The lowest BCUT2D eigenvalue weighted by atomic mass is 9.85. The van der Waals surface area contributed by atoms with Gasteiger partial charge in [-0.05, 0) is 36.3 Å². The normalized spacial score (nSPS) is 18.6. The van der Waals surface area contributed by atoms with E-state index in [4.69, 9.17) is 0 Å². The Kier molecular flexibility index (Phi) is 5.66. The average molecular weight is 425 g/mol. The summed E-state index contributed by atoms with van der Waals surface area (Å²) in [6.45, 7) is 5.01. The van der Waals surface area contributed by atoms with Gasteiger partial charge < -0.3 is 14.9 Å². The molecule has 1 N–H and O–H groups in total. The first-order chi connectivity index (χ1) is 14.9. The number of urea groups is 1. The fourth-order valence-electron chi connectivity index (χ4n) is 4.74. The maximum atomic E-state index is 13.3. The fraction of sp³-hybridized carbons (Fsp3) is 0.478. The van der Waals surface area contributed by atoms with E-state index in [0.717, 1.165) is 15.7 Å². The van der Waals surface area contributed by atoms with Crippen molar-refractivity contribution in [2.75, 3.05) is 32.8 Å². The SMILES string of the molecule is CC(C)CN1C(=O)N(CCO)C(=O)C12CCN(C(=O)c1cccc3cnccc13)CC2. The number of nitrogens with zero attached hydrogens (tertiary/aromatic N) is 4. The van der Waals surface area contributed by atoms with Crippen molar-refractivity contribution in [1.29, 1.82) is 0 Å². The summed E-state index contributed by atoms with van der Waals surface area (Å²) >= 11 is 0. The molecular formula is C23H28N4O4. The summed E-state index contributed by atoms with van der Waals surface area (Å²) in [5, 5.41) is 11.1. The molecule has 0 unspecified atom stereocenters. The molecule has 164 valence electrons. The Balaban J connectivity index is 1.58. The highest BCUT2D eigenvalue weighted by Crippen LogP contribution is 2.38. The Morgan fingerprint density at radius 3 is 2.61 bits per heavy atom. The third kappa shape index (κ3) is 3.54. The number of β-amino-alcohol motifs (C(OH)–C–C–N with tert-alkyl or cyclic N) is 1. The maximum absolute atomic E-state index is 13.3. The third-order valence-corrected chi connectivity index (χ3v) is 6.28. The Morgan fingerprint density at radius 2 is 1.94 bits per heavy atom. The van der Waals surface area contributed by atoms with Gasteiger partial charge in [0.2, 0.25) is 0 Å². The summed E-state index contributed by atoms with van der Waals surface area (Å²) in [6.07, 6.45) is 4.20. The Labute approximate surface area is 181 Å². The highest BCUT2D eigenvalue weighted by Gasteiger charge is 2.58. The van der Waals surface area contributed by atoms with Crippen LogP contribution >= 0.6 is 0 Å². The molecule has 1 aromatic heterocycles. The molecule has 8 nitrogen and oxygen atoms in total. The number of aliphatic hydroxyl groups is 1. The third-order valence-electron chi connectivity index (χ3n) is 6.28. The predicted molar refractivity (Wildman–Crippen MR) is 115 cm³/mol. The van der Waals surface area contributed by atoms with E-state index in [0.29, 0.717) is 38.0 Å². The van der Waals surface area contributed by atoms with E-state index in [2.05, 4.69) is 4.98 Å². The minimum absolute atomic E-state index is 0.000691. The van der Waals surface area contributed by atoms with Gasteiger partial charge in [0.15, 0.2) is 0 Å². The summed E-state index contributed by atoms with van der Waals surface area (Å²) < 4.78 is 0. The number of hydrogen-bond donors (Lipinski definition) is 1. The van der Waals surface area contributed by atoms with Gasteiger partial charge in [-0.3, -0.25) is 19.5 Å². The molecule has 2 fully saturated rings. The number of carbonyl (C=O) groups excluding carboxylic acids is 3. The topological polar surface area (TPSA) is 94.0 Å². The molecule has 1 spiro atoms. The van der Waals surface area contributed by atoms with E-state index in [1.165, 1.54) is 0 Å². The number of imide groups is 1. The largest absolute Gasteiger partial charge is 0.395 e. The number of benzene rings is 1. The van der Waals surface area contributed by atoms with Crippen molar-refractivity contribution in [3.05, 3.63) is 42.2 Å². The van der Waals surface area contributed by atoms with Crippen molar-refractivity contribution in [2.24, 2.45) is 5.92 Å². The summed E-state index contributed by atoms with van der Waals surface area (Å²) in [5.41, 5.74) is -0.318. The van der Waals surface area contributed by atoms with Gasteiger partial charge in [-0.1, -0.05) is 26.0 Å². The Morgan fingerprint density at radius 1 is 1.19 bits per heavy atom. The second kappa shape index (κ2) is 8.26. The number of piperidine rings is 1. The first-order valence-corrected chi connectivity index (χ1v) is 10.8. The van der Waals surface area contributed by atoms with Crippen LogP contribution in [0.2, 0.25) is 0 Å². The molecule has 2 aliphatic heterocycles. The van der Waals surface area contributed by atoms with Gasteiger partial charge >= 0.3 is 6.03 Å². The molecule has 4 amide bonds. The van der Waals surface area contributed by atoms with Crippen LogP contribution in [0.25, 0.3) is 10.8 Å². The molecule has 0 radical (unpaired) electrons. The quantitative estimate of drug-likeness (QED) is 0.742. The second-order valence-electron chi connectivity index (χ2n) is 8.69. The molecule has 8 heteroatoms. The van der Waals surface area contributed by atoms with Crippen molar-refractivity contribution >= 4 is 28.6 Å². The van der Waals surface area contributed by atoms with Crippen molar-refractivity contribution in [2.45, 2.75) is 32.2 Å². The maximum Gasteiger partial charge on any atom is 0.327 e. The highest BCUT2D eigenvalue weighted by molar-refractivity contribution is 6.08. The zero-order valence-corrected chi connectivity index (χ0v) is 18.0. The lowest BCUT2D eigenvalue weighted by molar-refractivity contribution is -0.135. The number of aromatic nitrogens is 1. The van der Waals surface area contributed by atoms with E-state index in [-0.39, 0.29) is 36.9 Å². The van der Waals surface area contributed by atoms with Crippen molar-refractivity contribution in [1.82, 2.24) is 19.7 Å². The molecule has 31 heavy (non-hydrogen) atoms. The van der Waals surface area contributed by atoms with Gasteiger partial charge in [0, 0.05) is 43.0 Å². The zero-order valence-electron chi connectivity index (χ0n) is 18.0. The van der Waals surface area contributed by atoms with Crippen molar-refractivity contribution < 1.29 is 19.5 Å². The minimum atomic E-state index is -0.935. The number of likely N-dealkylation sites (tertiary alicyclic amines) is 1. The van der Waals surface area contributed by atoms with Crippen LogP contribution in [-0.4, -0.2) is 81.0 Å². The van der Waals surface area contributed by atoms with E-state index < -0.39 is 5.54 Å². The second-order valence-corrected chi connectivity index (χ2v) is 8.69. The summed E-state index contributed by atoms with van der Waals surface area (Å²) in [5.74, 6) is -0.131. The molecule has 2 saturated heterocycles. The molecule has 0 saturated carbocycles. The monoisotopic (exact) mass is 424 g/mol. The predicted octanol–water partition coefficient (Wildman–Crippen LogP) is 2.12.